The molecule has 2 heterocycles. The molecule has 1 N–H and O–H groups in total. The molecule has 0 amide bonds. The molecular formula is C21H14Cl2N4. The highest BCUT2D eigenvalue weighted by Crippen LogP contribution is 2.31. The van der Waals surface area contributed by atoms with E-state index in [4.69, 9.17) is 23.2 Å². The Morgan fingerprint density at radius 1 is 0.889 bits per heavy atom. The van der Waals surface area contributed by atoms with Gasteiger partial charge in [-0.3, -0.25) is 5.43 Å². The average molecular weight is 393 g/mol. The number of halogens is 2. The summed E-state index contributed by atoms with van der Waals surface area (Å²) < 4.78 is 0. The molecule has 2 aromatic heterocycles. The van der Waals surface area contributed by atoms with E-state index >= 15 is 0 Å². The topological polar surface area (TPSA) is 50.2 Å². The van der Waals surface area contributed by atoms with Crippen molar-refractivity contribution in [1.29, 1.82) is 0 Å². The Morgan fingerprint density at radius 3 is 2.56 bits per heavy atom. The van der Waals surface area contributed by atoms with Gasteiger partial charge >= 0.3 is 0 Å². The number of hydrazone groups is 1. The monoisotopic (exact) mass is 392 g/mol. The quantitative estimate of drug-likeness (QED) is 0.339. The molecule has 0 radical (unpaired) electrons. The lowest BCUT2D eigenvalue weighted by molar-refractivity contribution is 1.23. The second kappa shape index (κ2) is 7.74. The number of nitrogens with zero attached hydrogens (tertiary/aromatic N) is 3. The number of hydrogen-bond donors (Lipinski definition) is 1. The second-order valence-corrected chi connectivity index (χ2v) is 6.74. The molecule has 2 aromatic carbocycles. The maximum absolute atomic E-state index is 6.17. The molecule has 0 spiro atoms. The number of fused-ring (bicyclic) bond motifs is 1. The van der Waals surface area contributed by atoms with Gasteiger partial charge in [-0.15, -0.1) is 0 Å². The highest BCUT2D eigenvalue weighted by atomic mass is 35.5. The minimum atomic E-state index is 0.605. The summed E-state index contributed by atoms with van der Waals surface area (Å²) in [6.45, 7) is 0. The van der Waals surface area contributed by atoms with Crippen molar-refractivity contribution < 1.29 is 0 Å². The number of rotatable bonds is 4. The molecule has 4 rings (SSSR count). The number of aromatic nitrogens is 2. The Hall–Kier alpha value is -2.95. The lowest BCUT2D eigenvalue weighted by Gasteiger charge is -2.10. The van der Waals surface area contributed by atoms with Gasteiger partial charge in [-0.05, 0) is 53.6 Å². The van der Waals surface area contributed by atoms with Gasteiger partial charge in [0, 0.05) is 27.2 Å². The van der Waals surface area contributed by atoms with Gasteiger partial charge in [-0.1, -0.05) is 47.5 Å². The largest absolute Gasteiger partial charge is 0.261 e. The van der Waals surface area contributed by atoms with Crippen molar-refractivity contribution in [3.05, 3.63) is 88.5 Å². The van der Waals surface area contributed by atoms with Crippen molar-refractivity contribution in [2.75, 3.05) is 5.43 Å². The number of pyridine rings is 2. The van der Waals surface area contributed by atoms with E-state index in [1.807, 2.05) is 66.7 Å². The van der Waals surface area contributed by atoms with Gasteiger partial charge in [0.1, 0.15) is 0 Å². The van der Waals surface area contributed by atoms with Gasteiger partial charge in [-0.25, -0.2) is 9.97 Å². The van der Waals surface area contributed by atoms with Crippen LogP contribution in [-0.4, -0.2) is 16.2 Å². The molecule has 4 nitrogen and oxygen atoms in total. The summed E-state index contributed by atoms with van der Waals surface area (Å²) in [5.41, 5.74) is 6.44. The van der Waals surface area contributed by atoms with E-state index in [0.717, 1.165) is 22.1 Å². The molecule has 0 aliphatic rings. The van der Waals surface area contributed by atoms with E-state index < -0.39 is 0 Å². The highest BCUT2D eigenvalue weighted by molar-refractivity contribution is 6.31. The minimum Gasteiger partial charge on any atom is -0.261 e. The molecule has 4 aromatic rings. The second-order valence-electron chi connectivity index (χ2n) is 5.87. The van der Waals surface area contributed by atoms with Crippen LogP contribution in [0.15, 0.2) is 78.0 Å². The summed E-state index contributed by atoms with van der Waals surface area (Å²) in [7, 11) is 0. The lowest BCUT2D eigenvalue weighted by Crippen LogP contribution is -1.98. The Bertz CT molecular complexity index is 1120. The number of benzene rings is 2. The van der Waals surface area contributed by atoms with Crippen LogP contribution in [-0.2, 0) is 0 Å². The molecule has 0 aliphatic heterocycles. The fraction of sp³-hybridized carbons (Fsp3) is 0. The van der Waals surface area contributed by atoms with Crippen LogP contribution in [0.1, 0.15) is 5.56 Å². The summed E-state index contributed by atoms with van der Waals surface area (Å²) in [6, 6.07) is 20.9. The Kier molecular flexibility index (Phi) is 5.01. The Labute approximate surface area is 166 Å². The van der Waals surface area contributed by atoms with Crippen molar-refractivity contribution in [3.8, 4) is 11.1 Å². The molecule has 0 bridgehead atoms. The minimum absolute atomic E-state index is 0.605. The third-order valence-corrected chi connectivity index (χ3v) is 4.47. The SMILES string of the molecule is Clc1ccc(/C=N\Nc2nc3ncccc3cc2-c2cccc(Cl)c2)cc1. The molecule has 132 valence electrons. The van der Waals surface area contributed by atoms with Crippen LogP contribution in [0.25, 0.3) is 22.2 Å². The summed E-state index contributed by atoms with van der Waals surface area (Å²) in [6.07, 6.45) is 3.43. The maximum atomic E-state index is 6.17. The van der Waals surface area contributed by atoms with Gasteiger partial charge in [0.05, 0.1) is 6.21 Å². The third kappa shape index (κ3) is 4.08. The van der Waals surface area contributed by atoms with Crippen LogP contribution in [0.2, 0.25) is 10.0 Å². The van der Waals surface area contributed by atoms with Gasteiger partial charge in [-0.2, -0.15) is 5.10 Å². The summed E-state index contributed by atoms with van der Waals surface area (Å²) >= 11 is 12.1. The van der Waals surface area contributed by atoms with Gasteiger partial charge in [0.2, 0.25) is 0 Å². The fourth-order valence-electron chi connectivity index (χ4n) is 2.68. The van der Waals surface area contributed by atoms with Gasteiger partial charge in [0.25, 0.3) is 0 Å². The van der Waals surface area contributed by atoms with E-state index in [0.29, 0.717) is 21.5 Å². The zero-order valence-corrected chi connectivity index (χ0v) is 15.6. The number of nitrogens with one attached hydrogen (secondary N) is 1. The first-order chi connectivity index (χ1) is 13.2. The molecule has 6 heteroatoms. The maximum Gasteiger partial charge on any atom is 0.161 e. The number of anilines is 1. The van der Waals surface area contributed by atoms with Gasteiger partial charge < -0.3 is 0 Å². The van der Waals surface area contributed by atoms with Crippen molar-refractivity contribution in [2.45, 2.75) is 0 Å². The molecule has 0 atom stereocenters. The smallest absolute Gasteiger partial charge is 0.161 e. The van der Waals surface area contributed by atoms with Crippen LogP contribution < -0.4 is 5.43 Å². The normalized spacial score (nSPS) is 11.2. The molecule has 0 unspecified atom stereocenters. The van der Waals surface area contributed by atoms with Crippen LogP contribution in [0.5, 0.6) is 0 Å². The summed E-state index contributed by atoms with van der Waals surface area (Å²) in [5, 5.41) is 6.61. The van der Waals surface area contributed by atoms with Crippen molar-refractivity contribution in [3.63, 3.8) is 0 Å². The highest BCUT2D eigenvalue weighted by Gasteiger charge is 2.10. The molecular weight excluding hydrogens is 379 g/mol. The Balaban J connectivity index is 1.73. The fourth-order valence-corrected chi connectivity index (χ4v) is 3.00. The first-order valence-electron chi connectivity index (χ1n) is 8.25. The number of hydrogen-bond acceptors (Lipinski definition) is 4. The van der Waals surface area contributed by atoms with E-state index in [1.165, 1.54) is 0 Å². The predicted molar refractivity (Wildman–Crippen MR) is 113 cm³/mol. The summed E-state index contributed by atoms with van der Waals surface area (Å²) in [5.74, 6) is 0.605. The van der Waals surface area contributed by atoms with Crippen LogP contribution >= 0.6 is 23.2 Å². The van der Waals surface area contributed by atoms with E-state index in [1.54, 1.807) is 12.4 Å². The predicted octanol–water partition coefficient (Wildman–Crippen LogP) is 6.05. The first-order valence-corrected chi connectivity index (χ1v) is 9.01. The van der Waals surface area contributed by atoms with E-state index in [2.05, 4.69) is 20.5 Å². The Morgan fingerprint density at radius 2 is 1.74 bits per heavy atom. The van der Waals surface area contributed by atoms with Crippen molar-refractivity contribution in [2.24, 2.45) is 5.10 Å². The molecule has 0 fully saturated rings. The van der Waals surface area contributed by atoms with E-state index in [-0.39, 0.29) is 0 Å². The zero-order valence-electron chi connectivity index (χ0n) is 14.1. The average Bonchev–Trinajstić information content (AvgIpc) is 2.69. The van der Waals surface area contributed by atoms with Crippen molar-refractivity contribution >= 4 is 46.3 Å². The van der Waals surface area contributed by atoms with Crippen LogP contribution in [0.3, 0.4) is 0 Å². The zero-order chi connectivity index (χ0) is 18.6. The lowest BCUT2D eigenvalue weighted by atomic mass is 10.1. The van der Waals surface area contributed by atoms with Crippen LogP contribution in [0.4, 0.5) is 5.82 Å². The van der Waals surface area contributed by atoms with Gasteiger partial charge in [0.15, 0.2) is 11.5 Å². The summed E-state index contributed by atoms with van der Waals surface area (Å²) in [4.78, 5) is 8.95. The first kappa shape index (κ1) is 17.5. The van der Waals surface area contributed by atoms with Crippen molar-refractivity contribution in [1.82, 2.24) is 9.97 Å². The molecule has 0 saturated heterocycles. The molecule has 0 aliphatic carbocycles. The standard InChI is InChI=1S/C21H14Cl2N4/c22-17-8-6-14(7-9-17)13-25-27-21-19(15-3-1-5-18(23)11-15)12-16-4-2-10-24-20(16)26-21/h1-13H,(H,24,26,27)/b25-13-. The third-order valence-electron chi connectivity index (χ3n) is 3.98. The van der Waals surface area contributed by atoms with Crippen LogP contribution in [0, 0.1) is 0 Å². The molecule has 0 saturated carbocycles. The molecule has 27 heavy (non-hydrogen) atoms. The van der Waals surface area contributed by atoms with E-state index in [9.17, 15) is 0 Å².